The highest BCUT2D eigenvalue weighted by Gasteiger charge is 2.35. The fraction of sp³-hybridized carbons (Fsp3) is 0.400. The molecule has 0 radical (unpaired) electrons. The van der Waals surface area contributed by atoms with Gasteiger partial charge in [-0.15, -0.1) is 0 Å². The number of anilines is 1. The first-order valence-electron chi connectivity index (χ1n) is 7.21. The molecule has 7 nitrogen and oxygen atoms in total. The van der Waals surface area contributed by atoms with Crippen LogP contribution in [0, 0.1) is 6.92 Å². The van der Waals surface area contributed by atoms with Gasteiger partial charge in [0.05, 0.1) is 5.92 Å². The number of fused-ring (bicyclic) bond motifs is 1. The van der Waals surface area contributed by atoms with Crippen molar-refractivity contribution in [3.05, 3.63) is 29.9 Å². The van der Waals surface area contributed by atoms with Crippen molar-refractivity contribution in [2.24, 2.45) is 0 Å². The predicted molar refractivity (Wildman–Crippen MR) is 76.2 cm³/mol. The van der Waals surface area contributed by atoms with Gasteiger partial charge >= 0.3 is 0 Å². The van der Waals surface area contributed by atoms with Crippen LogP contribution in [0.25, 0.3) is 0 Å². The number of rotatable bonds is 2. The number of ether oxygens (including phenoxy) is 2. The Kier molecular flexibility index (Phi) is 2.99. The minimum Gasteiger partial charge on any atom is -0.486 e. The molecular weight excluding hydrogens is 286 g/mol. The molecule has 7 heteroatoms. The van der Waals surface area contributed by atoms with Crippen LogP contribution >= 0.6 is 0 Å². The van der Waals surface area contributed by atoms with Crippen LogP contribution in [0.3, 0.4) is 0 Å². The van der Waals surface area contributed by atoms with Crippen LogP contribution in [-0.4, -0.2) is 35.8 Å². The Balaban J connectivity index is 1.59. The lowest BCUT2D eigenvalue weighted by Gasteiger charge is -2.22. The Hall–Kier alpha value is -2.57. The van der Waals surface area contributed by atoms with Crippen molar-refractivity contribution >= 4 is 11.6 Å². The SMILES string of the molecule is Cc1noc([C@@H]2CC(=O)N(c3ccc4c(c3)OCCO4)C2)n1. The Morgan fingerprint density at radius 3 is 2.82 bits per heavy atom. The highest BCUT2D eigenvalue weighted by molar-refractivity contribution is 5.96. The molecule has 1 amide bonds. The van der Waals surface area contributed by atoms with Gasteiger partial charge in [0.15, 0.2) is 17.3 Å². The summed E-state index contributed by atoms with van der Waals surface area (Å²) in [6, 6.07) is 5.54. The maximum atomic E-state index is 12.3. The molecule has 2 aliphatic rings. The highest BCUT2D eigenvalue weighted by Crippen LogP contribution is 2.37. The molecule has 2 aliphatic heterocycles. The minimum atomic E-state index is -0.0677. The number of amides is 1. The summed E-state index contributed by atoms with van der Waals surface area (Å²) in [6.07, 6.45) is 0.371. The van der Waals surface area contributed by atoms with E-state index in [1.807, 2.05) is 18.2 Å². The number of hydrogen-bond acceptors (Lipinski definition) is 6. The third-order valence-corrected chi connectivity index (χ3v) is 3.85. The number of benzene rings is 1. The van der Waals surface area contributed by atoms with Gasteiger partial charge in [-0.25, -0.2) is 0 Å². The van der Waals surface area contributed by atoms with E-state index in [4.69, 9.17) is 14.0 Å². The van der Waals surface area contributed by atoms with Gasteiger partial charge in [-0.2, -0.15) is 4.98 Å². The lowest BCUT2D eigenvalue weighted by molar-refractivity contribution is -0.117. The van der Waals surface area contributed by atoms with Crippen LogP contribution < -0.4 is 14.4 Å². The van der Waals surface area contributed by atoms with E-state index in [0.717, 1.165) is 5.69 Å². The van der Waals surface area contributed by atoms with E-state index in [1.54, 1.807) is 11.8 Å². The summed E-state index contributed by atoms with van der Waals surface area (Å²) in [4.78, 5) is 18.2. The zero-order chi connectivity index (χ0) is 15.1. The Morgan fingerprint density at radius 2 is 2.05 bits per heavy atom. The summed E-state index contributed by atoms with van der Waals surface area (Å²) in [5.41, 5.74) is 0.799. The summed E-state index contributed by atoms with van der Waals surface area (Å²) in [7, 11) is 0. The molecule has 0 N–H and O–H groups in total. The number of hydrogen-bond donors (Lipinski definition) is 0. The summed E-state index contributed by atoms with van der Waals surface area (Å²) < 4.78 is 16.3. The smallest absolute Gasteiger partial charge is 0.232 e. The standard InChI is InChI=1S/C15H15N3O4/c1-9-16-15(22-17-9)10-6-14(19)18(8-10)11-2-3-12-13(7-11)21-5-4-20-12/h2-3,7,10H,4-6,8H2,1H3/t10-/m1/s1. The number of carbonyl (C=O) groups excluding carboxylic acids is 1. The Morgan fingerprint density at radius 1 is 1.23 bits per heavy atom. The monoisotopic (exact) mass is 301 g/mol. The first-order valence-corrected chi connectivity index (χ1v) is 7.21. The molecular formula is C15H15N3O4. The molecule has 0 unspecified atom stereocenters. The second-order valence-corrected chi connectivity index (χ2v) is 5.41. The quantitative estimate of drug-likeness (QED) is 0.839. The van der Waals surface area contributed by atoms with Gasteiger partial charge in [-0.1, -0.05) is 5.16 Å². The van der Waals surface area contributed by atoms with Gasteiger partial charge in [0, 0.05) is 24.7 Å². The van der Waals surface area contributed by atoms with E-state index in [0.29, 0.717) is 49.4 Å². The summed E-state index contributed by atoms with van der Waals surface area (Å²) in [5.74, 6) is 2.46. The molecule has 1 fully saturated rings. The second-order valence-electron chi connectivity index (χ2n) is 5.41. The molecule has 1 aromatic heterocycles. The molecule has 114 valence electrons. The van der Waals surface area contributed by atoms with Crippen LogP contribution in [-0.2, 0) is 4.79 Å². The molecule has 4 rings (SSSR count). The van der Waals surface area contributed by atoms with Crippen LogP contribution in [0.2, 0.25) is 0 Å². The number of aromatic nitrogens is 2. The molecule has 0 spiro atoms. The van der Waals surface area contributed by atoms with E-state index in [2.05, 4.69) is 10.1 Å². The third-order valence-electron chi connectivity index (χ3n) is 3.85. The topological polar surface area (TPSA) is 77.7 Å². The fourth-order valence-electron chi connectivity index (χ4n) is 2.80. The maximum absolute atomic E-state index is 12.3. The van der Waals surface area contributed by atoms with Crippen LogP contribution in [0.15, 0.2) is 22.7 Å². The number of aryl methyl sites for hydroxylation is 1. The van der Waals surface area contributed by atoms with E-state index in [9.17, 15) is 4.79 Å². The largest absolute Gasteiger partial charge is 0.486 e. The molecule has 1 saturated heterocycles. The van der Waals surface area contributed by atoms with Crippen molar-refractivity contribution in [1.82, 2.24) is 10.1 Å². The predicted octanol–water partition coefficient (Wildman–Crippen LogP) is 1.67. The van der Waals surface area contributed by atoms with Crippen LogP contribution in [0.4, 0.5) is 5.69 Å². The number of carbonyl (C=O) groups is 1. The van der Waals surface area contributed by atoms with E-state index < -0.39 is 0 Å². The van der Waals surface area contributed by atoms with Crippen LogP contribution in [0.1, 0.15) is 24.1 Å². The maximum Gasteiger partial charge on any atom is 0.232 e. The van der Waals surface area contributed by atoms with Crippen molar-refractivity contribution in [3.63, 3.8) is 0 Å². The van der Waals surface area contributed by atoms with E-state index >= 15 is 0 Å². The van der Waals surface area contributed by atoms with Gasteiger partial charge in [-0.05, 0) is 19.1 Å². The Labute approximate surface area is 126 Å². The van der Waals surface area contributed by atoms with Gasteiger partial charge in [0.2, 0.25) is 11.8 Å². The minimum absolute atomic E-state index is 0.0394. The van der Waals surface area contributed by atoms with Crippen molar-refractivity contribution in [2.45, 2.75) is 19.3 Å². The number of nitrogens with zero attached hydrogens (tertiary/aromatic N) is 3. The summed E-state index contributed by atoms with van der Waals surface area (Å²) >= 11 is 0. The first-order chi connectivity index (χ1) is 10.7. The second kappa shape index (κ2) is 5.01. The normalized spacial score (nSPS) is 20.5. The summed E-state index contributed by atoms with van der Waals surface area (Å²) in [5, 5.41) is 3.79. The molecule has 1 atom stereocenters. The van der Waals surface area contributed by atoms with Crippen molar-refractivity contribution in [1.29, 1.82) is 0 Å². The zero-order valence-electron chi connectivity index (χ0n) is 12.1. The van der Waals surface area contributed by atoms with Gasteiger partial charge < -0.3 is 18.9 Å². The average Bonchev–Trinajstić information content (AvgIpc) is 3.13. The van der Waals surface area contributed by atoms with Gasteiger partial charge in [0.25, 0.3) is 0 Å². The highest BCUT2D eigenvalue weighted by atomic mass is 16.6. The molecule has 2 aromatic rings. The van der Waals surface area contributed by atoms with E-state index in [-0.39, 0.29) is 11.8 Å². The van der Waals surface area contributed by atoms with Crippen LogP contribution in [0.5, 0.6) is 11.5 Å². The molecule has 22 heavy (non-hydrogen) atoms. The lowest BCUT2D eigenvalue weighted by Crippen LogP contribution is -2.24. The summed E-state index contributed by atoms with van der Waals surface area (Å²) in [6.45, 7) is 3.37. The Bertz CT molecular complexity index is 727. The van der Waals surface area contributed by atoms with Crippen molar-refractivity contribution in [2.75, 3.05) is 24.7 Å². The van der Waals surface area contributed by atoms with E-state index in [1.165, 1.54) is 0 Å². The first kappa shape index (κ1) is 13.1. The third kappa shape index (κ3) is 2.18. The lowest BCUT2D eigenvalue weighted by atomic mass is 10.1. The van der Waals surface area contributed by atoms with Gasteiger partial charge in [-0.3, -0.25) is 4.79 Å². The molecule has 3 heterocycles. The molecule has 0 aliphatic carbocycles. The fourth-order valence-corrected chi connectivity index (χ4v) is 2.80. The molecule has 0 bridgehead atoms. The van der Waals surface area contributed by atoms with Gasteiger partial charge in [0.1, 0.15) is 13.2 Å². The zero-order valence-corrected chi connectivity index (χ0v) is 12.1. The molecule has 1 aromatic carbocycles. The molecule has 0 saturated carbocycles. The average molecular weight is 301 g/mol. The van der Waals surface area contributed by atoms with Crippen molar-refractivity contribution < 1.29 is 18.8 Å². The van der Waals surface area contributed by atoms with Crippen molar-refractivity contribution in [3.8, 4) is 11.5 Å².